The van der Waals surface area contributed by atoms with Crippen LogP contribution in [0.5, 0.6) is 11.5 Å². The Balaban J connectivity index is 0.992. The molecule has 4 amide bonds. The molecular formula is C39H40FN7O7. The van der Waals surface area contributed by atoms with E-state index >= 15 is 4.39 Å². The lowest BCUT2D eigenvalue weighted by molar-refractivity contribution is -0.136. The van der Waals surface area contributed by atoms with Gasteiger partial charge >= 0.3 is 0 Å². The number of aromatic amines is 1. The van der Waals surface area contributed by atoms with Gasteiger partial charge in [-0.1, -0.05) is 0 Å². The fraction of sp³-hybridized carbons (Fsp3) is 0.385. The van der Waals surface area contributed by atoms with E-state index in [1.807, 2.05) is 17.4 Å². The maximum atomic E-state index is 16.0. The Morgan fingerprint density at radius 3 is 2.24 bits per heavy atom. The number of hydrogen-bond acceptors (Lipinski definition) is 11. The second-order valence-electron chi connectivity index (χ2n) is 13.3. The third-order valence-corrected chi connectivity index (χ3v) is 10.1. The normalized spacial score (nSPS) is 25.7. The number of ether oxygens (including phenoxy) is 2. The molecule has 14 nitrogen and oxygen atoms in total. The molecule has 4 aliphatic rings. The first kappa shape index (κ1) is 26.9. The SMILES string of the molecule is [2H]C1([2H])N(CC2CCN(c3ccc(-c4nc5cc(OC)cc(OC)c5c(=O)[nH]4)cc3)CC2)C([2H])([2H])C([2H])([2H])N(c2cc3c(cc2F)C(=O)N(C2CCC(=O)NC2=O)C3=O)C1([2H])[2H]. The lowest BCUT2D eigenvalue weighted by atomic mass is 9.95. The summed E-state index contributed by atoms with van der Waals surface area (Å²) in [6, 6.07) is 10.3. The number of piperidine rings is 2. The quantitative estimate of drug-likeness (QED) is 0.256. The largest absolute Gasteiger partial charge is 0.497 e. The number of hydrogen-bond donors (Lipinski definition) is 2. The number of aromatic nitrogens is 2. The number of rotatable bonds is 8. The molecule has 4 aliphatic heterocycles. The van der Waals surface area contributed by atoms with E-state index in [2.05, 4.69) is 14.9 Å². The molecule has 0 bridgehead atoms. The number of piperazine rings is 1. The highest BCUT2D eigenvalue weighted by Crippen LogP contribution is 2.34. The molecule has 0 spiro atoms. The predicted octanol–water partition coefficient (Wildman–Crippen LogP) is 3.19. The van der Waals surface area contributed by atoms with Crippen LogP contribution in [0.2, 0.25) is 0 Å². The van der Waals surface area contributed by atoms with Gasteiger partial charge in [0.2, 0.25) is 11.8 Å². The van der Waals surface area contributed by atoms with Gasteiger partial charge in [0.25, 0.3) is 17.4 Å². The molecule has 280 valence electrons. The Morgan fingerprint density at radius 1 is 0.870 bits per heavy atom. The Hall–Kier alpha value is -5.83. The van der Waals surface area contributed by atoms with Crippen molar-refractivity contribution in [2.24, 2.45) is 5.92 Å². The third kappa shape index (κ3) is 6.42. The lowest BCUT2D eigenvalue weighted by Gasteiger charge is -2.40. The van der Waals surface area contributed by atoms with Crippen molar-refractivity contribution in [1.82, 2.24) is 25.1 Å². The number of carbonyl (C=O) groups excluding carboxylic acids is 4. The zero-order valence-electron chi connectivity index (χ0n) is 37.2. The minimum absolute atomic E-state index is 0.00154. The highest BCUT2D eigenvalue weighted by molar-refractivity contribution is 6.23. The van der Waals surface area contributed by atoms with Crippen LogP contribution in [0.25, 0.3) is 22.3 Å². The monoisotopic (exact) mass is 745 g/mol. The lowest BCUT2D eigenvalue weighted by Crippen LogP contribution is -2.54. The topological polar surface area (TPSA) is 157 Å². The van der Waals surface area contributed by atoms with E-state index in [4.69, 9.17) is 20.4 Å². The summed E-state index contributed by atoms with van der Waals surface area (Å²) in [6.07, 6.45) is 0.397. The van der Waals surface area contributed by atoms with Gasteiger partial charge in [-0.05, 0) is 61.6 Å². The van der Waals surface area contributed by atoms with Gasteiger partial charge in [0.1, 0.15) is 34.6 Å². The van der Waals surface area contributed by atoms with E-state index < -0.39 is 96.3 Å². The molecule has 2 N–H and O–H groups in total. The van der Waals surface area contributed by atoms with Crippen LogP contribution < -0.4 is 30.1 Å². The fourth-order valence-corrected chi connectivity index (χ4v) is 7.23. The van der Waals surface area contributed by atoms with Crippen molar-refractivity contribution in [2.45, 2.75) is 31.7 Å². The van der Waals surface area contributed by atoms with E-state index in [0.29, 0.717) is 76.3 Å². The molecule has 4 aromatic rings. The van der Waals surface area contributed by atoms with Gasteiger partial charge in [0, 0.05) is 80.9 Å². The van der Waals surface area contributed by atoms with Gasteiger partial charge in [0.15, 0.2) is 0 Å². The molecule has 5 heterocycles. The van der Waals surface area contributed by atoms with E-state index in [0.717, 1.165) is 5.69 Å². The fourth-order valence-electron chi connectivity index (χ4n) is 7.23. The molecule has 54 heavy (non-hydrogen) atoms. The number of fused-ring (bicyclic) bond motifs is 2. The highest BCUT2D eigenvalue weighted by atomic mass is 19.1. The summed E-state index contributed by atoms with van der Waals surface area (Å²) in [7, 11) is 2.94. The number of carbonyl (C=O) groups is 4. The number of benzene rings is 3. The molecule has 0 aliphatic carbocycles. The number of imide groups is 2. The molecule has 0 radical (unpaired) electrons. The van der Waals surface area contributed by atoms with Crippen LogP contribution in [0.15, 0.2) is 53.3 Å². The average molecular weight is 746 g/mol. The standard InChI is InChI=1S/C39H40FN7O7/c1-53-25-17-29-34(32(18-25)54-2)37(50)43-35(41-29)23-3-5-24(6-4-23)45-11-9-22(10-12-45)21-44-13-15-46(16-14-44)31-20-27-26(19-28(31)40)38(51)47(39(27)52)30-7-8-33(48)42-36(30)49/h3-6,17-20,22,30H,7-16,21H2,1-2H3,(H,41,43,50)(H,42,48,49)/i13D2,14D2,15D2,16D2. The zero-order chi connectivity index (χ0) is 44.8. The molecular weight excluding hydrogens is 697 g/mol. The van der Waals surface area contributed by atoms with Crippen molar-refractivity contribution < 1.29 is 44.0 Å². The van der Waals surface area contributed by atoms with Crippen molar-refractivity contribution in [3.05, 3.63) is 75.8 Å². The van der Waals surface area contributed by atoms with E-state index in [-0.39, 0.29) is 23.1 Å². The van der Waals surface area contributed by atoms with Crippen LogP contribution in [-0.2, 0) is 9.59 Å². The molecule has 1 unspecified atom stereocenters. The highest BCUT2D eigenvalue weighted by Gasteiger charge is 2.45. The number of amides is 4. The number of anilines is 2. The first-order chi connectivity index (χ1) is 29.1. The summed E-state index contributed by atoms with van der Waals surface area (Å²) in [5.74, 6) is -4.47. The first-order valence-electron chi connectivity index (χ1n) is 21.3. The number of nitrogens with zero attached hydrogens (tertiary/aromatic N) is 5. The van der Waals surface area contributed by atoms with Crippen LogP contribution in [0.4, 0.5) is 15.8 Å². The summed E-state index contributed by atoms with van der Waals surface area (Å²) in [6.45, 7) is -13.1. The first-order valence-corrected chi connectivity index (χ1v) is 17.3. The minimum Gasteiger partial charge on any atom is -0.497 e. The van der Waals surface area contributed by atoms with Gasteiger partial charge in [0.05, 0.1) is 42.0 Å². The second kappa shape index (κ2) is 14.2. The Bertz CT molecular complexity index is 2580. The minimum atomic E-state index is -3.48. The number of methoxy groups -OCH3 is 2. The van der Waals surface area contributed by atoms with Crippen molar-refractivity contribution >= 4 is 45.9 Å². The van der Waals surface area contributed by atoms with Crippen LogP contribution in [0, 0.1) is 11.7 Å². The van der Waals surface area contributed by atoms with Crippen LogP contribution in [0.3, 0.4) is 0 Å². The molecule has 8 rings (SSSR count). The number of H-pyrrole nitrogens is 1. The van der Waals surface area contributed by atoms with Crippen LogP contribution in [-0.4, -0.2) is 109 Å². The molecule has 1 aromatic heterocycles. The van der Waals surface area contributed by atoms with Crippen molar-refractivity contribution in [2.75, 3.05) is 69.6 Å². The van der Waals surface area contributed by atoms with Crippen LogP contribution >= 0.6 is 0 Å². The molecule has 0 saturated carbocycles. The Kier molecular flexibility index (Phi) is 7.06. The van der Waals surface area contributed by atoms with Gasteiger partial charge in [-0.2, -0.15) is 0 Å². The number of nitrogens with one attached hydrogen (secondary N) is 2. The second-order valence-corrected chi connectivity index (χ2v) is 13.3. The molecule has 3 fully saturated rings. The van der Waals surface area contributed by atoms with Crippen molar-refractivity contribution in [1.29, 1.82) is 0 Å². The van der Waals surface area contributed by atoms with Gasteiger partial charge in [-0.3, -0.25) is 39.1 Å². The van der Waals surface area contributed by atoms with Gasteiger partial charge < -0.3 is 24.3 Å². The summed E-state index contributed by atoms with van der Waals surface area (Å²) >= 11 is 0. The third-order valence-electron chi connectivity index (χ3n) is 10.1. The van der Waals surface area contributed by atoms with Crippen molar-refractivity contribution in [3.8, 4) is 22.9 Å². The Morgan fingerprint density at radius 2 is 1.57 bits per heavy atom. The maximum absolute atomic E-state index is 16.0. The summed E-state index contributed by atoms with van der Waals surface area (Å²) in [5.41, 5.74) is -0.623. The van der Waals surface area contributed by atoms with Crippen LogP contribution in [0.1, 0.15) is 57.4 Å². The van der Waals surface area contributed by atoms with E-state index in [1.54, 1.807) is 24.3 Å². The molecule has 3 saturated heterocycles. The van der Waals surface area contributed by atoms with E-state index in [9.17, 15) is 24.0 Å². The smallest absolute Gasteiger partial charge is 0.262 e. The van der Waals surface area contributed by atoms with Crippen molar-refractivity contribution in [3.63, 3.8) is 0 Å². The average Bonchev–Trinajstić information content (AvgIpc) is 3.45. The summed E-state index contributed by atoms with van der Waals surface area (Å²) in [5, 5.41) is 2.31. The zero-order valence-corrected chi connectivity index (χ0v) is 29.2. The molecule has 3 aromatic carbocycles. The van der Waals surface area contributed by atoms with Gasteiger partial charge in [-0.15, -0.1) is 0 Å². The predicted molar refractivity (Wildman–Crippen MR) is 198 cm³/mol. The number of halogens is 1. The summed E-state index contributed by atoms with van der Waals surface area (Å²) < 4.78 is 98.4. The molecule has 1 atom stereocenters. The van der Waals surface area contributed by atoms with Gasteiger partial charge in [-0.25, -0.2) is 9.37 Å². The Labute approximate surface area is 321 Å². The maximum Gasteiger partial charge on any atom is 0.262 e. The molecule has 15 heteroatoms. The van der Waals surface area contributed by atoms with E-state index in [1.165, 1.54) is 14.2 Å². The summed E-state index contributed by atoms with van der Waals surface area (Å²) in [4.78, 5) is 74.6.